The average molecular weight is 279 g/mol. The first-order valence-electron chi connectivity index (χ1n) is 7.75. The van der Waals surface area contributed by atoms with Gasteiger partial charge in [-0.05, 0) is 24.1 Å². The Morgan fingerprint density at radius 3 is 2.50 bits per heavy atom. The summed E-state index contributed by atoms with van der Waals surface area (Å²) in [6.45, 7) is 4.22. The molecule has 0 unspecified atom stereocenters. The standard InChI is InChI=1S/C17H29NO2/c1-3-4-5-6-7-8-11-20-14-16-12-15(13-18)9-10-17(16)19-2/h9-10,12H,3-8,11,13-14,18H2,1-2H3. The topological polar surface area (TPSA) is 44.5 Å². The summed E-state index contributed by atoms with van der Waals surface area (Å²) in [4.78, 5) is 0. The molecule has 0 spiro atoms. The fraction of sp³-hybridized carbons (Fsp3) is 0.647. The quantitative estimate of drug-likeness (QED) is 0.622. The second-order valence-corrected chi connectivity index (χ2v) is 5.17. The van der Waals surface area contributed by atoms with E-state index < -0.39 is 0 Å². The number of hydrogen-bond donors (Lipinski definition) is 1. The second kappa shape index (κ2) is 10.7. The second-order valence-electron chi connectivity index (χ2n) is 5.17. The number of unbranched alkanes of at least 4 members (excludes halogenated alkanes) is 5. The van der Waals surface area contributed by atoms with E-state index in [0.717, 1.165) is 29.9 Å². The van der Waals surface area contributed by atoms with Gasteiger partial charge in [-0.1, -0.05) is 45.1 Å². The molecule has 3 nitrogen and oxygen atoms in total. The molecule has 0 aromatic heterocycles. The van der Waals surface area contributed by atoms with Gasteiger partial charge >= 0.3 is 0 Å². The summed E-state index contributed by atoms with van der Waals surface area (Å²) in [5, 5.41) is 0. The Labute approximate surface area is 123 Å². The zero-order chi connectivity index (χ0) is 14.6. The number of rotatable bonds is 11. The van der Waals surface area contributed by atoms with E-state index in [0.29, 0.717) is 13.2 Å². The molecule has 1 aromatic rings. The zero-order valence-corrected chi connectivity index (χ0v) is 13.0. The lowest BCUT2D eigenvalue weighted by molar-refractivity contribution is 0.115. The maximum absolute atomic E-state index is 5.75. The third-order valence-corrected chi connectivity index (χ3v) is 3.48. The predicted molar refractivity (Wildman–Crippen MR) is 83.9 cm³/mol. The van der Waals surface area contributed by atoms with Crippen molar-refractivity contribution in [1.29, 1.82) is 0 Å². The van der Waals surface area contributed by atoms with Crippen LogP contribution in [0.4, 0.5) is 0 Å². The molecule has 0 saturated heterocycles. The molecule has 0 amide bonds. The van der Waals surface area contributed by atoms with Crippen molar-refractivity contribution in [2.75, 3.05) is 13.7 Å². The van der Waals surface area contributed by atoms with Crippen molar-refractivity contribution in [3.8, 4) is 5.75 Å². The molecule has 0 aliphatic rings. The minimum absolute atomic E-state index is 0.550. The van der Waals surface area contributed by atoms with E-state index in [4.69, 9.17) is 15.2 Å². The molecule has 1 rings (SSSR count). The zero-order valence-electron chi connectivity index (χ0n) is 13.0. The van der Waals surface area contributed by atoms with Crippen molar-refractivity contribution in [3.63, 3.8) is 0 Å². The van der Waals surface area contributed by atoms with Gasteiger partial charge < -0.3 is 15.2 Å². The third kappa shape index (κ3) is 6.40. The van der Waals surface area contributed by atoms with Crippen molar-refractivity contribution in [2.24, 2.45) is 5.73 Å². The molecule has 1 aromatic carbocycles. The van der Waals surface area contributed by atoms with Crippen molar-refractivity contribution in [3.05, 3.63) is 29.3 Å². The van der Waals surface area contributed by atoms with Gasteiger partial charge in [0.15, 0.2) is 0 Å². The molecular weight excluding hydrogens is 250 g/mol. The molecular formula is C17H29NO2. The van der Waals surface area contributed by atoms with E-state index in [1.807, 2.05) is 12.1 Å². The van der Waals surface area contributed by atoms with Crippen LogP contribution in [-0.4, -0.2) is 13.7 Å². The van der Waals surface area contributed by atoms with Crippen LogP contribution in [0.1, 0.15) is 56.6 Å². The van der Waals surface area contributed by atoms with E-state index in [2.05, 4.69) is 13.0 Å². The lowest BCUT2D eigenvalue weighted by Gasteiger charge is -2.11. The highest BCUT2D eigenvalue weighted by atomic mass is 16.5. The molecule has 0 saturated carbocycles. The van der Waals surface area contributed by atoms with Crippen LogP contribution in [0.15, 0.2) is 18.2 Å². The molecule has 3 heteroatoms. The van der Waals surface area contributed by atoms with Crippen LogP contribution in [0, 0.1) is 0 Å². The minimum Gasteiger partial charge on any atom is -0.496 e. The van der Waals surface area contributed by atoms with E-state index >= 15 is 0 Å². The number of hydrogen-bond acceptors (Lipinski definition) is 3. The molecule has 114 valence electrons. The molecule has 0 bridgehead atoms. The van der Waals surface area contributed by atoms with Crippen LogP contribution in [0.3, 0.4) is 0 Å². The van der Waals surface area contributed by atoms with Crippen molar-refractivity contribution < 1.29 is 9.47 Å². The minimum atomic E-state index is 0.550. The summed E-state index contributed by atoms with van der Waals surface area (Å²) in [7, 11) is 1.69. The number of benzene rings is 1. The summed E-state index contributed by atoms with van der Waals surface area (Å²) in [5.74, 6) is 0.880. The van der Waals surface area contributed by atoms with Gasteiger partial charge in [0.05, 0.1) is 13.7 Å². The predicted octanol–water partition coefficient (Wildman–Crippen LogP) is 4.03. The van der Waals surface area contributed by atoms with E-state index in [1.54, 1.807) is 7.11 Å². The van der Waals surface area contributed by atoms with Crippen LogP contribution >= 0.6 is 0 Å². The Balaban J connectivity index is 2.24. The Morgan fingerprint density at radius 1 is 1.05 bits per heavy atom. The van der Waals surface area contributed by atoms with Gasteiger partial charge in [0.25, 0.3) is 0 Å². The van der Waals surface area contributed by atoms with Crippen molar-refractivity contribution in [2.45, 2.75) is 58.6 Å². The van der Waals surface area contributed by atoms with E-state index in [-0.39, 0.29) is 0 Å². The monoisotopic (exact) mass is 279 g/mol. The first-order chi connectivity index (χ1) is 9.81. The van der Waals surface area contributed by atoms with Crippen LogP contribution in [-0.2, 0) is 17.9 Å². The highest BCUT2D eigenvalue weighted by Gasteiger charge is 2.04. The Kier molecular flexibility index (Phi) is 9.09. The smallest absolute Gasteiger partial charge is 0.124 e. The summed E-state index contributed by atoms with van der Waals surface area (Å²) < 4.78 is 11.1. The number of ether oxygens (including phenoxy) is 2. The molecule has 0 heterocycles. The summed E-state index contributed by atoms with van der Waals surface area (Å²) >= 11 is 0. The van der Waals surface area contributed by atoms with Gasteiger partial charge in [-0.2, -0.15) is 0 Å². The molecule has 0 aliphatic carbocycles. The highest BCUT2D eigenvalue weighted by Crippen LogP contribution is 2.20. The molecule has 0 aliphatic heterocycles. The van der Waals surface area contributed by atoms with E-state index in [1.165, 1.54) is 32.1 Å². The maximum atomic E-state index is 5.75. The van der Waals surface area contributed by atoms with E-state index in [9.17, 15) is 0 Å². The molecule has 0 atom stereocenters. The van der Waals surface area contributed by atoms with Gasteiger partial charge in [0, 0.05) is 18.7 Å². The SMILES string of the molecule is CCCCCCCCOCc1cc(CN)ccc1OC. The summed E-state index contributed by atoms with van der Waals surface area (Å²) in [5.41, 5.74) is 7.86. The van der Waals surface area contributed by atoms with Gasteiger partial charge in [-0.25, -0.2) is 0 Å². The van der Waals surface area contributed by atoms with Crippen LogP contribution in [0.5, 0.6) is 5.75 Å². The van der Waals surface area contributed by atoms with Crippen LogP contribution < -0.4 is 10.5 Å². The molecule has 0 fully saturated rings. The average Bonchev–Trinajstić information content (AvgIpc) is 2.49. The van der Waals surface area contributed by atoms with Gasteiger partial charge in [-0.15, -0.1) is 0 Å². The largest absolute Gasteiger partial charge is 0.496 e. The first-order valence-corrected chi connectivity index (χ1v) is 7.75. The number of nitrogens with two attached hydrogens (primary N) is 1. The maximum Gasteiger partial charge on any atom is 0.124 e. The molecule has 0 radical (unpaired) electrons. The third-order valence-electron chi connectivity index (χ3n) is 3.48. The summed E-state index contributed by atoms with van der Waals surface area (Å²) in [6, 6.07) is 6.03. The lowest BCUT2D eigenvalue weighted by atomic mass is 10.1. The van der Waals surface area contributed by atoms with Crippen molar-refractivity contribution in [1.82, 2.24) is 0 Å². The lowest BCUT2D eigenvalue weighted by Crippen LogP contribution is -2.02. The van der Waals surface area contributed by atoms with Crippen LogP contribution in [0.25, 0.3) is 0 Å². The molecule has 2 N–H and O–H groups in total. The van der Waals surface area contributed by atoms with Gasteiger partial charge in [-0.3, -0.25) is 0 Å². The number of methoxy groups -OCH3 is 1. The fourth-order valence-electron chi connectivity index (χ4n) is 2.24. The highest BCUT2D eigenvalue weighted by molar-refractivity contribution is 5.36. The normalized spacial score (nSPS) is 10.8. The Morgan fingerprint density at radius 2 is 1.80 bits per heavy atom. The Hall–Kier alpha value is -1.06. The summed E-state index contributed by atoms with van der Waals surface area (Å²) in [6.07, 6.45) is 7.73. The van der Waals surface area contributed by atoms with Crippen molar-refractivity contribution >= 4 is 0 Å². The first kappa shape index (κ1) is 17.0. The fourth-order valence-corrected chi connectivity index (χ4v) is 2.24. The van der Waals surface area contributed by atoms with Gasteiger partial charge in [0.2, 0.25) is 0 Å². The van der Waals surface area contributed by atoms with Gasteiger partial charge in [0.1, 0.15) is 5.75 Å². The Bertz CT molecular complexity index is 366. The molecule has 20 heavy (non-hydrogen) atoms. The van der Waals surface area contributed by atoms with Crippen LogP contribution in [0.2, 0.25) is 0 Å².